The summed E-state index contributed by atoms with van der Waals surface area (Å²) in [7, 11) is 0. The summed E-state index contributed by atoms with van der Waals surface area (Å²) in [6.45, 7) is 10.4. The third-order valence-electron chi connectivity index (χ3n) is 5.00. The molecule has 0 spiro atoms. The Labute approximate surface area is 162 Å². The van der Waals surface area contributed by atoms with Crippen LogP contribution in [-0.4, -0.2) is 32.9 Å². The molecule has 26 heavy (non-hydrogen) atoms. The number of anilines is 1. The summed E-state index contributed by atoms with van der Waals surface area (Å²) in [5, 5.41) is 5.83. The number of rotatable bonds is 6. The molecule has 0 bridgehead atoms. The number of nitrogens with one attached hydrogen (secondary N) is 1. The molecule has 138 valence electrons. The van der Waals surface area contributed by atoms with Gasteiger partial charge in [-0.2, -0.15) is 0 Å². The first kappa shape index (κ1) is 17.8. The largest absolute Gasteiger partial charge is 0.363 e. The normalized spacial score (nSPS) is 15.2. The Hall–Kier alpha value is -1.57. The van der Waals surface area contributed by atoms with Crippen molar-refractivity contribution in [2.24, 2.45) is 0 Å². The van der Waals surface area contributed by atoms with E-state index < -0.39 is 0 Å². The molecule has 0 aromatic carbocycles. The summed E-state index contributed by atoms with van der Waals surface area (Å²) in [4.78, 5) is 20.5. The van der Waals surface area contributed by atoms with E-state index in [1.807, 2.05) is 6.20 Å². The molecule has 3 aromatic heterocycles. The van der Waals surface area contributed by atoms with E-state index in [2.05, 4.69) is 36.0 Å². The number of thiazole rings is 1. The molecule has 0 saturated carbocycles. The highest BCUT2D eigenvalue weighted by Gasteiger charge is 2.18. The highest BCUT2D eigenvalue weighted by Crippen LogP contribution is 2.34. The predicted octanol–water partition coefficient (Wildman–Crippen LogP) is 4.53. The second kappa shape index (κ2) is 7.58. The van der Waals surface area contributed by atoms with Gasteiger partial charge in [0.1, 0.15) is 21.5 Å². The van der Waals surface area contributed by atoms with Crippen molar-refractivity contribution in [3.63, 3.8) is 0 Å². The van der Waals surface area contributed by atoms with Gasteiger partial charge in [0.2, 0.25) is 0 Å². The zero-order valence-electron chi connectivity index (χ0n) is 15.6. The maximum absolute atomic E-state index is 4.90. The van der Waals surface area contributed by atoms with Crippen molar-refractivity contribution in [1.82, 2.24) is 19.9 Å². The average molecular weight is 388 g/mol. The molecule has 0 unspecified atom stereocenters. The van der Waals surface area contributed by atoms with Gasteiger partial charge in [0.15, 0.2) is 0 Å². The molecule has 0 amide bonds. The molecule has 3 aromatic rings. The molecule has 1 saturated heterocycles. The zero-order valence-corrected chi connectivity index (χ0v) is 17.3. The fourth-order valence-electron chi connectivity index (χ4n) is 3.39. The molecule has 4 heterocycles. The number of aryl methyl sites for hydroxylation is 3. The van der Waals surface area contributed by atoms with Crippen LogP contribution >= 0.6 is 22.7 Å². The van der Waals surface area contributed by atoms with Crippen LogP contribution in [0.1, 0.15) is 45.9 Å². The smallest absolute Gasteiger partial charge is 0.146 e. The Bertz CT molecular complexity index is 908. The van der Waals surface area contributed by atoms with Crippen LogP contribution in [-0.2, 0) is 19.5 Å². The number of thiophene rings is 1. The lowest BCUT2D eigenvalue weighted by atomic mass is 10.2. The summed E-state index contributed by atoms with van der Waals surface area (Å²) >= 11 is 3.55. The van der Waals surface area contributed by atoms with E-state index >= 15 is 0 Å². The number of hydrogen-bond acceptors (Lipinski definition) is 7. The summed E-state index contributed by atoms with van der Waals surface area (Å²) < 4.78 is 0. The SMILES string of the molecule is CCc1cnc(CNc2nc(CN3CCCC3)nc3sc(C)c(C)c23)s1. The lowest BCUT2D eigenvalue weighted by Crippen LogP contribution is -2.20. The molecule has 1 N–H and O–H groups in total. The van der Waals surface area contributed by atoms with Crippen LogP contribution < -0.4 is 5.32 Å². The van der Waals surface area contributed by atoms with Crippen molar-refractivity contribution in [3.8, 4) is 0 Å². The predicted molar refractivity (Wildman–Crippen MR) is 110 cm³/mol. The van der Waals surface area contributed by atoms with E-state index in [1.54, 1.807) is 22.7 Å². The van der Waals surface area contributed by atoms with E-state index in [1.165, 1.54) is 33.5 Å². The third-order valence-corrected chi connectivity index (χ3v) is 7.24. The van der Waals surface area contributed by atoms with Gasteiger partial charge in [0, 0.05) is 16.0 Å². The average Bonchev–Trinajstić information content (AvgIpc) is 3.35. The minimum absolute atomic E-state index is 0.717. The first-order valence-corrected chi connectivity index (χ1v) is 10.9. The molecule has 0 atom stereocenters. The number of nitrogens with zero attached hydrogens (tertiary/aromatic N) is 4. The van der Waals surface area contributed by atoms with Gasteiger partial charge in [0.05, 0.1) is 18.5 Å². The second-order valence-corrected chi connectivity index (χ2v) is 9.27. The summed E-state index contributed by atoms with van der Waals surface area (Å²) in [5.74, 6) is 1.89. The zero-order chi connectivity index (χ0) is 18.1. The van der Waals surface area contributed by atoms with Gasteiger partial charge in [-0.15, -0.1) is 22.7 Å². The van der Waals surface area contributed by atoms with Gasteiger partial charge in [0.25, 0.3) is 0 Å². The van der Waals surface area contributed by atoms with Gasteiger partial charge < -0.3 is 5.32 Å². The van der Waals surface area contributed by atoms with E-state index in [4.69, 9.17) is 9.97 Å². The van der Waals surface area contributed by atoms with Crippen LogP contribution in [0.5, 0.6) is 0 Å². The monoisotopic (exact) mass is 387 g/mol. The molecule has 4 rings (SSSR count). The molecular formula is C19H25N5S2. The molecule has 1 aliphatic rings. The molecule has 5 nitrogen and oxygen atoms in total. The summed E-state index contributed by atoms with van der Waals surface area (Å²) in [6, 6.07) is 0. The van der Waals surface area contributed by atoms with Crippen LogP contribution in [0.2, 0.25) is 0 Å². The Morgan fingerprint density at radius 3 is 2.69 bits per heavy atom. The van der Waals surface area contributed by atoms with Gasteiger partial charge in [-0.3, -0.25) is 4.90 Å². The minimum atomic E-state index is 0.717. The lowest BCUT2D eigenvalue weighted by molar-refractivity contribution is 0.323. The van der Waals surface area contributed by atoms with Gasteiger partial charge >= 0.3 is 0 Å². The van der Waals surface area contributed by atoms with E-state index in [-0.39, 0.29) is 0 Å². The number of hydrogen-bond donors (Lipinski definition) is 1. The van der Waals surface area contributed by atoms with Crippen LogP contribution in [0.15, 0.2) is 6.20 Å². The highest BCUT2D eigenvalue weighted by atomic mass is 32.1. The molecule has 1 aliphatic heterocycles. The topological polar surface area (TPSA) is 53.9 Å². The van der Waals surface area contributed by atoms with E-state index in [9.17, 15) is 0 Å². The first-order valence-electron chi connectivity index (χ1n) is 9.30. The van der Waals surface area contributed by atoms with E-state index in [0.29, 0.717) is 6.54 Å². The Balaban J connectivity index is 1.63. The van der Waals surface area contributed by atoms with Crippen LogP contribution in [0.4, 0.5) is 5.82 Å². The van der Waals surface area contributed by atoms with Crippen molar-refractivity contribution in [3.05, 3.63) is 32.3 Å². The maximum Gasteiger partial charge on any atom is 0.146 e. The van der Waals surface area contributed by atoms with Gasteiger partial charge in [-0.05, 0) is 51.8 Å². The molecular weight excluding hydrogens is 362 g/mol. The van der Waals surface area contributed by atoms with Crippen molar-refractivity contribution in [2.45, 2.75) is 53.1 Å². The van der Waals surface area contributed by atoms with Crippen LogP contribution in [0.25, 0.3) is 10.2 Å². The van der Waals surface area contributed by atoms with Crippen molar-refractivity contribution < 1.29 is 0 Å². The standard InChI is InChI=1S/C19H25N5S2/c1-4-14-9-20-16(26-14)10-21-18-17-12(2)13(3)25-19(17)23-15(22-18)11-24-7-5-6-8-24/h9H,4-8,10-11H2,1-3H3,(H,21,22,23). The van der Waals surface area contributed by atoms with Crippen molar-refractivity contribution in [2.75, 3.05) is 18.4 Å². The Morgan fingerprint density at radius 1 is 1.15 bits per heavy atom. The van der Waals surface area contributed by atoms with E-state index in [0.717, 1.165) is 47.5 Å². The number of fused-ring (bicyclic) bond motifs is 1. The Kier molecular flexibility index (Phi) is 5.20. The minimum Gasteiger partial charge on any atom is -0.363 e. The quantitative estimate of drug-likeness (QED) is 0.673. The fraction of sp³-hybridized carbons (Fsp3) is 0.526. The highest BCUT2D eigenvalue weighted by molar-refractivity contribution is 7.18. The molecule has 7 heteroatoms. The first-order chi connectivity index (χ1) is 12.6. The van der Waals surface area contributed by atoms with Crippen molar-refractivity contribution in [1.29, 1.82) is 0 Å². The van der Waals surface area contributed by atoms with Gasteiger partial charge in [-0.25, -0.2) is 15.0 Å². The van der Waals surface area contributed by atoms with Gasteiger partial charge in [-0.1, -0.05) is 6.92 Å². The summed E-state index contributed by atoms with van der Waals surface area (Å²) in [5.41, 5.74) is 1.29. The molecule has 1 fully saturated rings. The van der Waals surface area contributed by atoms with Crippen LogP contribution in [0, 0.1) is 13.8 Å². The number of likely N-dealkylation sites (tertiary alicyclic amines) is 1. The van der Waals surface area contributed by atoms with Crippen molar-refractivity contribution >= 4 is 38.7 Å². The number of aromatic nitrogens is 3. The molecule has 0 aliphatic carbocycles. The lowest BCUT2D eigenvalue weighted by Gasteiger charge is -2.14. The summed E-state index contributed by atoms with van der Waals surface area (Å²) in [6.07, 6.45) is 5.59. The van der Waals surface area contributed by atoms with Crippen LogP contribution in [0.3, 0.4) is 0 Å². The fourth-order valence-corrected chi connectivity index (χ4v) is 5.24. The maximum atomic E-state index is 4.90. The third kappa shape index (κ3) is 3.61. The second-order valence-electron chi connectivity index (χ2n) is 6.86. The Morgan fingerprint density at radius 2 is 1.96 bits per heavy atom. The molecule has 0 radical (unpaired) electrons.